The van der Waals surface area contributed by atoms with Crippen molar-refractivity contribution in [3.8, 4) is 0 Å². The van der Waals surface area contributed by atoms with Gasteiger partial charge < -0.3 is 10.6 Å². The summed E-state index contributed by atoms with van der Waals surface area (Å²) in [6, 6.07) is 4.15. The molecule has 0 radical (unpaired) electrons. The molecule has 1 heterocycles. The predicted octanol–water partition coefficient (Wildman–Crippen LogP) is 1.95. The number of hydrogen-bond acceptors (Lipinski definition) is 4. The van der Waals surface area contributed by atoms with Crippen LogP contribution < -0.4 is 5.73 Å². The molecule has 1 saturated heterocycles. The minimum atomic E-state index is -0.495. The summed E-state index contributed by atoms with van der Waals surface area (Å²) in [6.07, 6.45) is 0.788. The van der Waals surface area contributed by atoms with Crippen molar-refractivity contribution in [2.45, 2.75) is 12.5 Å². The summed E-state index contributed by atoms with van der Waals surface area (Å²) < 4.78 is 0.433. The van der Waals surface area contributed by atoms with Crippen molar-refractivity contribution in [1.82, 2.24) is 4.90 Å². The van der Waals surface area contributed by atoms with Crippen LogP contribution in [0.1, 0.15) is 16.8 Å². The van der Waals surface area contributed by atoms with Crippen molar-refractivity contribution in [3.05, 3.63) is 38.3 Å². The van der Waals surface area contributed by atoms with Gasteiger partial charge in [0.15, 0.2) is 0 Å². The lowest BCUT2D eigenvalue weighted by atomic mass is 10.2. The molecule has 19 heavy (non-hydrogen) atoms. The molecule has 0 aliphatic carbocycles. The Balaban J connectivity index is 0.00000180. The lowest BCUT2D eigenvalue weighted by Gasteiger charge is -2.16. The fourth-order valence-electron chi connectivity index (χ4n) is 1.93. The molecule has 0 spiro atoms. The fraction of sp³-hybridized carbons (Fsp3) is 0.364. The maximum Gasteiger partial charge on any atom is 0.270 e. The molecule has 1 aromatic carbocycles. The summed E-state index contributed by atoms with van der Waals surface area (Å²) in [6.45, 7) is 1.16. The monoisotopic (exact) mass is 349 g/mol. The number of halogens is 2. The Labute approximate surface area is 124 Å². The number of rotatable bonds is 2. The van der Waals surface area contributed by atoms with Crippen LogP contribution in [0.5, 0.6) is 0 Å². The van der Waals surface area contributed by atoms with Gasteiger partial charge in [0, 0.05) is 35.7 Å². The maximum absolute atomic E-state index is 12.2. The van der Waals surface area contributed by atoms with Crippen molar-refractivity contribution in [2.24, 2.45) is 5.73 Å². The second kappa shape index (κ2) is 6.31. The van der Waals surface area contributed by atoms with Crippen LogP contribution in [0.15, 0.2) is 22.7 Å². The second-order valence-corrected chi connectivity index (χ2v) is 5.08. The van der Waals surface area contributed by atoms with E-state index in [9.17, 15) is 14.9 Å². The van der Waals surface area contributed by atoms with Crippen LogP contribution in [-0.2, 0) is 0 Å². The summed E-state index contributed by atoms with van der Waals surface area (Å²) in [4.78, 5) is 23.9. The third kappa shape index (κ3) is 3.43. The van der Waals surface area contributed by atoms with Crippen LogP contribution in [-0.4, -0.2) is 34.9 Å². The molecule has 104 valence electrons. The first-order chi connectivity index (χ1) is 8.49. The maximum atomic E-state index is 12.2. The van der Waals surface area contributed by atoms with Gasteiger partial charge in [-0.2, -0.15) is 0 Å². The molecule has 6 nitrogen and oxygen atoms in total. The lowest BCUT2D eigenvalue weighted by molar-refractivity contribution is -0.384. The molecule has 8 heteroatoms. The highest BCUT2D eigenvalue weighted by atomic mass is 79.9. The third-order valence-corrected chi connectivity index (χ3v) is 3.56. The largest absolute Gasteiger partial charge is 0.337 e. The molecule has 1 aliphatic heterocycles. The SMILES string of the molecule is Cl.N[C@@H]1CCN(C(=O)c2ccc([N+](=O)[O-])cc2Br)C1. The number of likely N-dealkylation sites (tertiary alicyclic amines) is 1. The molecule has 0 saturated carbocycles. The zero-order chi connectivity index (χ0) is 13.3. The smallest absolute Gasteiger partial charge is 0.270 e. The number of nitrogens with two attached hydrogens (primary N) is 1. The Morgan fingerprint density at radius 1 is 1.53 bits per heavy atom. The van der Waals surface area contributed by atoms with E-state index in [1.54, 1.807) is 4.90 Å². The summed E-state index contributed by atoms with van der Waals surface area (Å²) >= 11 is 3.20. The van der Waals surface area contributed by atoms with E-state index < -0.39 is 4.92 Å². The molecule has 1 fully saturated rings. The molecule has 0 bridgehead atoms. The van der Waals surface area contributed by atoms with Gasteiger partial charge in [-0.05, 0) is 28.4 Å². The van der Waals surface area contributed by atoms with Crippen molar-refractivity contribution in [3.63, 3.8) is 0 Å². The van der Waals surface area contributed by atoms with Crippen LogP contribution in [0.3, 0.4) is 0 Å². The van der Waals surface area contributed by atoms with Crippen LogP contribution in [0, 0.1) is 10.1 Å². The van der Waals surface area contributed by atoms with E-state index in [-0.39, 0.29) is 30.0 Å². The van der Waals surface area contributed by atoms with E-state index >= 15 is 0 Å². The lowest BCUT2D eigenvalue weighted by Crippen LogP contribution is -2.32. The second-order valence-electron chi connectivity index (χ2n) is 4.22. The van der Waals surface area contributed by atoms with E-state index in [0.29, 0.717) is 23.1 Å². The number of hydrogen-bond donors (Lipinski definition) is 1. The van der Waals surface area contributed by atoms with Gasteiger partial charge in [-0.1, -0.05) is 0 Å². The number of nitrogens with zero attached hydrogens (tertiary/aromatic N) is 2. The highest BCUT2D eigenvalue weighted by Crippen LogP contribution is 2.25. The third-order valence-electron chi connectivity index (χ3n) is 2.91. The van der Waals surface area contributed by atoms with Gasteiger partial charge in [-0.25, -0.2) is 0 Å². The van der Waals surface area contributed by atoms with Crippen LogP contribution in [0.2, 0.25) is 0 Å². The Morgan fingerprint density at radius 3 is 2.68 bits per heavy atom. The van der Waals surface area contributed by atoms with E-state index in [1.807, 2.05) is 0 Å². The number of nitro benzene ring substituents is 1. The zero-order valence-corrected chi connectivity index (χ0v) is 12.3. The molecule has 0 aromatic heterocycles. The summed E-state index contributed by atoms with van der Waals surface area (Å²) in [5.41, 5.74) is 6.13. The van der Waals surface area contributed by atoms with Gasteiger partial charge in [0.25, 0.3) is 11.6 Å². The first-order valence-corrected chi connectivity index (χ1v) is 6.27. The number of amides is 1. The summed E-state index contributed by atoms with van der Waals surface area (Å²) in [5.74, 6) is -0.148. The highest BCUT2D eigenvalue weighted by Gasteiger charge is 2.26. The standard InChI is InChI=1S/C11H12BrN3O3.ClH/c12-10-5-8(15(17)18)1-2-9(10)11(16)14-4-3-7(13)6-14;/h1-2,5,7H,3-4,6,13H2;1H/t7-;/m1./s1. The van der Waals surface area contributed by atoms with E-state index in [4.69, 9.17) is 5.73 Å². The molecule has 0 unspecified atom stereocenters. The average Bonchev–Trinajstić information content (AvgIpc) is 2.74. The summed E-state index contributed by atoms with van der Waals surface area (Å²) in [5, 5.41) is 10.6. The van der Waals surface area contributed by atoms with Gasteiger partial charge >= 0.3 is 0 Å². The minimum Gasteiger partial charge on any atom is -0.337 e. The van der Waals surface area contributed by atoms with Crippen molar-refractivity contribution >= 4 is 39.9 Å². The normalized spacial score (nSPS) is 18.0. The number of benzene rings is 1. The Bertz CT molecular complexity index is 512. The number of carbonyl (C=O) groups is 1. The predicted molar refractivity (Wildman–Crippen MR) is 76.5 cm³/mol. The molecule has 1 atom stereocenters. The van der Waals surface area contributed by atoms with E-state index in [0.717, 1.165) is 6.42 Å². The van der Waals surface area contributed by atoms with Crippen molar-refractivity contribution < 1.29 is 9.72 Å². The molecule has 1 aliphatic rings. The molecular formula is C11H13BrClN3O3. The molecule has 2 rings (SSSR count). The topological polar surface area (TPSA) is 89.5 Å². The molecular weight excluding hydrogens is 337 g/mol. The van der Waals surface area contributed by atoms with E-state index in [2.05, 4.69) is 15.9 Å². The van der Waals surface area contributed by atoms with Gasteiger partial charge in [-0.15, -0.1) is 12.4 Å². The van der Waals surface area contributed by atoms with E-state index in [1.165, 1.54) is 18.2 Å². The molecule has 2 N–H and O–H groups in total. The highest BCUT2D eigenvalue weighted by molar-refractivity contribution is 9.10. The van der Waals surface area contributed by atoms with Gasteiger partial charge in [0.05, 0.1) is 10.5 Å². The average molecular weight is 351 g/mol. The van der Waals surface area contributed by atoms with Crippen LogP contribution >= 0.6 is 28.3 Å². The van der Waals surface area contributed by atoms with Gasteiger partial charge in [0.1, 0.15) is 0 Å². The molecule has 1 amide bonds. The first-order valence-electron chi connectivity index (χ1n) is 5.48. The Morgan fingerprint density at radius 2 is 2.21 bits per heavy atom. The minimum absolute atomic E-state index is 0. The molecule has 1 aromatic rings. The quantitative estimate of drug-likeness (QED) is 0.652. The summed E-state index contributed by atoms with van der Waals surface area (Å²) in [7, 11) is 0. The van der Waals surface area contributed by atoms with Crippen LogP contribution in [0.25, 0.3) is 0 Å². The van der Waals surface area contributed by atoms with Crippen molar-refractivity contribution in [1.29, 1.82) is 0 Å². The zero-order valence-electron chi connectivity index (χ0n) is 9.91. The number of carbonyl (C=O) groups excluding carboxylic acids is 1. The van der Waals surface area contributed by atoms with Gasteiger partial charge in [-0.3, -0.25) is 14.9 Å². The Kier molecular flexibility index (Phi) is 5.28. The number of non-ortho nitro benzene ring substituents is 1. The first kappa shape index (κ1) is 15.9. The van der Waals surface area contributed by atoms with Crippen molar-refractivity contribution in [2.75, 3.05) is 13.1 Å². The Hall–Kier alpha value is -1.18. The fourth-order valence-corrected chi connectivity index (χ4v) is 2.47. The van der Waals surface area contributed by atoms with Gasteiger partial charge in [0.2, 0.25) is 0 Å². The number of nitro groups is 1. The van der Waals surface area contributed by atoms with Crippen LogP contribution in [0.4, 0.5) is 5.69 Å².